The third-order valence-corrected chi connectivity index (χ3v) is 4.75. The first-order chi connectivity index (χ1) is 14.3. The van der Waals surface area contributed by atoms with Gasteiger partial charge in [0.25, 0.3) is 11.6 Å². The minimum atomic E-state index is -0.556. The molecule has 1 N–H and O–H groups in total. The number of nitro benzene ring substituents is 1. The second-order valence-electron chi connectivity index (χ2n) is 6.57. The number of carbonyl (C=O) groups is 1. The molecule has 0 aliphatic rings. The molecule has 30 heavy (non-hydrogen) atoms. The van der Waals surface area contributed by atoms with E-state index in [1.807, 2.05) is 30.6 Å². The third kappa shape index (κ3) is 4.40. The molecule has 0 saturated carbocycles. The van der Waals surface area contributed by atoms with E-state index in [4.69, 9.17) is 11.6 Å². The fraction of sp³-hybridized carbons (Fsp3) is 0.0909. The zero-order chi connectivity index (χ0) is 21.8. The van der Waals surface area contributed by atoms with Crippen LogP contribution >= 0.6 is 11.6 Å². The Morgan fingerprint density at radius 1 is 1.20 bits per heavy atom. The molecule has 3 rings (SSSR count). The summed E-state index contributed by atoms with van der Waals surface area (Å²) in [5, 5.41) is 23.7. The maximum atomic E-state index is 12.5. The van der Waals surface area contributed by atoms with Gasteiger partial charge in [-0.15, -0.1) is 0 Å². The average Bonchev–Trinajstić information content (AvgIpc) is 2.99. The van der Waals surface area contributed by atoms with E-state index >= 15 is 0 Å². The Morgan fingerprint density at radius 3 is 2.60 bits per heavy atom. The van der Waals surface area contributed by atoms with E-state index < -0.39 is 10.8 Å². The largest absolute Gasteiger partial charge is 0.321 e. The van der Waals surface area contributed by atoms with E-state index in [0.29, 0.717) is 22.0 Å². The quantitative estimate of drug-likeness (QED) is 0.265. The maximum absolute atomic E-state index is 12.5. The molecule has 150 valence electrons. The van der Waals surface area contributed by atoms with Gasteiger partial charge in [0.05, 0.1) is 10.6 Å². The van der Waals surface area contributed by atoms with Crippen molar-refractivity contribution in [3.8, 4) is 11.8 Å². The highest BCUT2D eigenvalue weighted by Crippen LogP contribution is 2.25. The SMILES string of the molecule is Cc1cc(/C=C(/C#N)C(=O)Nc2cccc(Cl)c2)c(C)n1-c1cccc([N+](=O)[O-])c1. The van der Waals surface area contributed by atoms with Crippen LogP contribution in [0, 0.1) is 35.3 Å². The van der Waals surface area contributed by atoms with E-state index in [1.54, 1.807) is 36.4 Å². The summed E-state index contributed by atoms with van der Waals surface area (Å²) < 4.78 is 1.84. The number of rotatable bonds is 5. The molecular formula is C22H17ClN4O3. The summed E-state index contributed by atoms with van der Waals surface area (Å²) in [6, 6.07) is 16.6. The first kappa shape index (κ1) is 20.8. The van der Waals surface area contributed by atoms with E-state index in [-0.39, 0.29) is 11.3 Å². The lowest BCUT2D eigenvalue weighted by Crippen LogP contribution is -2.13. The van der Waals surface area contributed by atoms with Gasteiger partial charge in [-0.3, -0.25) is 14.9 Å². The minimum Gasteiger partial charge on any atom is -0.321 e. The Morgan fingerprint density at radius 2 is 1.93 bits per heavy atom. The Kier molecular flexibility index (Phi) is 6.00. The van der Waals surface area contributed by atoms with Gasteiger partial charge in [-0.2, -0.15) is 5.26 Å². The van der Waals surface area contributed by atoms with Gasteiger partial charge in [0, 0.05) is 34.2 Å². The highest BCUT2D eigenvalue weighted by Gasteiger charge is 2.15. The number of hydrogen-bond donors (Lipinski definition) is 1. The van der Waals surface area contributed by atoms with Crippen LogP contribution in [0.4, 0.5) is 11.4 Å². The number of hydrogen-bond acceptors (Lipinski definition) is 4. The molecule has 0 bridgehead atoms. The second-order valence-corrected chi connectivity index (χ2v) is 7.01. The van der Waals surface area contributed by atoms with Crippen molar-refractivity contribution < 1.29 is 9.72 Å². The second kappa shape index (κ2) is 8.64. The third-order valence-electron chi connectivity index (χ3n) is 4.52. The number of carbonyl (C=O) groups excluding carboxylic acids is 1. The molecule has 2 aromatic carbocycles. The van der Waals surface area contributed by atoms with Crippen molar-refractivity contribution in [1.82, 2.24) is 4.57 Å². The predicted octanol–water partition coefficient (Wildman–Crippen LogP) is 5.20. The number of halogens is 1. The summed E-state index contributed by atoms with van der Waals surface area (Å²) in [7, 11) is 0. The Bertz CT molecular complexity index is 1220. The molecule has 3 aromatic rings. The van der Waals surface area contributed by atoms with Crippen LogP contribution in [0.25, 0.3) is 11.8 Å². The molecule has 0 fully saturated rings. The fourth-order valence-electron chi connectivity index (χ4n) is 3.15. The Balaban J connectivity index is 1.96. The van der Waals surface area contributed by atoms with Crippen LogP contribution in [0.5, 0.6) is 0 Å². The van der Waals surface area contributed by atoms with E-state index in [9.17, 15) is 20.2 Å². The molecule has 0 spiro atoms. The summed E-state index contributed by atoms with van der Waals surface area (Å²) in [4.78, 5) is 23.2. The molecule has 0 unspecified atom stereocenters. The summed E-state index contributed by atoms with van der Waals surface area (Å²) >= 11 is 5.93. The molecule has 7 nitrogen and oxygen atoms in total. The van der Waals surface area contributed by atoms with Crippen LogP contribution in [0.1, 0.15) is 17.0 Å². The van der Waals surface area contributed by atoms with Crippen LogP contribution in [-0.4, -0.2) is 15.4 Å². The molecule has 1 heterocycles. The lowest BCUT2D eigenvalue weighted by molar-refractivity contribution is -0.384. The van der Waals surface area contributed by atoms with Gasteiger partial charge < -0.3 is 9.88 Å². The normalized spacial score (nSPS) is 11.1. The molecule has 8 heteroatoms. The van der Waals surface area contributed by atoms with Gasteiger partial charge in [0.2, 0.25) is 0 Å². The zero-order valence-electron chi connectivity index (χ0n) is 16.2. The molecule has 0 aliphatic carbocycles. The number of nitriles is 1. The van der Waals surface area contributed by atoms with Crippen LogP contribution in [0.3, 0.4) is 0 Å². The highest BCUT2D eigenvalue weighted by atomic mass is 35.5. The van der Waals surface area contributed by atoms with Gasteiger partial charge in [-0.1, -0.05) is 23.7 Å². The first-order valence-corrected chi connectivity index (χ1v) is 9.30. The summed E-state index contributed by atoms with van der Waals surface area (Å²) in [6.45, 7) is 3.67. The number of benzene rings is 2. The Labute approximate surface area is 178 Å². The topological polar surface area (TPSA) is 101 Å². The number of anilines is 1. The Hall–Kier alpha value is -3.89. The number of amides is 1. The number of non-ortho nitro benzene ring substituents is 1. The number of aryl methyl sites for hydroxylation is 1. The summed E-state index contributed by atoms with van der Waals surface area (Å²) in [5.74, 6) is -0.556. The zero-order valence-corrected chi connectivity index (χ0v) is 17.0. The summed E-state index contributed by atoms with van der Waals surface area (Å²) in [5.41, 5.74) is 3.24. The van der Waals surface area contributed by atoms with Gasteiger partial charge in [-0.25, -0.2) is 0 Å². The predicted molar refractivity (Wildman–Crippen MR) is 116 cm³/mol. The van der Waals surface area contributed by atoms with Crippen LogP contribution in [-0.2, 0) is 4.79 Å². The van der Waals surface area contributed by atoms with Crippen molar-refractivity contribution in [1.29, 1.82) is 5.26 Å². The maximum Gasteiger partial charge on any atom is 0.271 e. The van der Waals surface area contributed by atoms with Gasteiger partial charge in [-0.05, 0) is 55.8 Å². The van der Waals surface area contributed by atoms with Crippen molar-refractivity contribution in [2.75, 3.05) is 5.32 Å². The standard InChI is InChI=1S/C22H17ClN4O3/c1-14-9-16(15(2)26(14)20-7-4-8-21(12-20)27(29)30)10-17(13-24)22(28)25-19-6-3-5-18(23)11-19/h3-12H,1-2H3,(H,25,28)/b17-10-. The number of nitrogens with one attached hydrogen (secondary N) is 1. The summed E-state index contributed by atoms with van der Waals surface area (Å²) in [6.07, 6.45) is 1.50. The first-order valence-electron chi connectivity index (χ1n) is 8.92. The van der Waals surface area contributed by atoms with Gasteiger partial charge in [0.1, 0.15) is 11.6 Å². The molecule has 0 saturated heterocycles. The van der Waals surface area contributed by atoms with Gasteiger partial charge in [0.15, 0.2) is 0 Å². The van der Waals surface area contributed by atoms with E-state index in [0.717, 1.165) is 11.4 Å². The van der Waals surface area contributed by atoms with Crippen molar-refractivity contribution >= 4 is 35.0 Å². The van der Waals surface area contributed by atoms with Crippen molar-refractivity contribution in [2.45, 2.75) is 13.8 Å². The van der Waals surface area contributed by atoms with Crippen LogP contribution < -0.4 is 5.32 Å². The average molecular weight is 421 g/mol. The highest BCUT2D eigenvalue weighted by molar-refractivity contribution is 6.31. The molecular weight excluding hydrogens is 404 g/mol. The number of nitrogens with zero attached hydrogens (tertiary/aromatic N) is 3. The lowest BCUT2D eigenvalue weighted by Gasteiger charge is -2.09. The number of aromatic nitrogens is 1. The lowest BCUT2D eigenvalue weighted by atomic mass is 10.1. The molecule has 0 aliphatic heterocycles. The molecule has 0 radical (unpaired) electrons. The van der Waals surface area contributed by atoms with Crippen molar-refractivity contribution in [2.24, 2.45) is 0 Å². The molecule has 0 atom stereocenters. The van der Waals surface area contributed by atoms with E-state index in [1.165, 1.54) is 18.2 Å². The van der Waals surface area contributed by atoms with Crippen LogP contribution in [0.15, 0.2) is 60.2 Å². The van der Waals surface area contributed by atoms with Crippen LogP contribution in [0.2, 0.25) is 5.02 Å². The van der Waals surface area contributed by atoms with Gasteiger partial charge >= 0.3 is 0 Å². The van der Waals surface area contributed by atoms with Crippen molar-refractivity contribution in [3.05, 3.63) is 92.3 Å². The van der Waals surface area contributed by atoms with Crippen molar-refractivity contribution in [3.63, 3.8) is 0 Å². The van der Waals surface area contributed by atoms with E-state index in [2.05, 4.69) is 5.32 Å². The monoisotopic (exact) mass is 420 g/mol. The number of nitro groups is 1. The molecule has 1 amide bonds. The fourth-order valence-corrected chi connectivity index (χ4v) is 3.34. The molecule has 1 aromatic heterocycles. The minimum absolute atomic E-state index is 0.0179. The smallest absolute Gasteiger partial charge is 0.271 e.